The van der Waals surface area contributed by atoms with Gasteiger partial charge in [-0.15, -0.1) is 0 Å². The lowest BCUT2D eigenvalue weighted by Crippen LogP contribution is -2.52. The van der Waals surface area contributed by atoms with Gasteiger partial charge in [0.1, 0.15) is 17.4 Å². The van der Waals surface area contributed by atoms with Crippen molar-refractivity contribution in [2.24, 2.45) is 0 Å². The first kappa shape index (κ1) is 51.6. The van der Waals surface area contributed by atoms with Gasteiger partial charge in [-0.1, -0.05) is 113 Å². The molecule has 372 valence electrons. The summed E-state index contributed by atoms with van der Waals surface area (Å²) in [6, 6.07) is 17.6. The van der Waals surface area contributed by atoms with Gasteiger partial charge in [0.05, 0.1) is 58.1 Å². The SMILES string of the molecule is CC(=O)n1nc2c(c1NC(=O)C1([Si](C)(C)C)CCC1)CN(C(=O)/C=C(\O)c1ccccc1)C2(C)C.CC(=O)n1nc2c(c1NC(=O)C1([Si](C)(C)C)CCC1)CN(C(=O)CC(=O)c1ccccc1)C2(C)C. The van der Waals surface area contributed by atoms with E-state index in [9.17, 15) is 38.7 Å². The van der Waals surface area contributed by atoms with Crippen LogP contribution in [0.5, 0.6) is 0 Å². The molecule has 4 amide bonds. The van der Waals surface area contributed by atoms with Crippen LogP contribution in [-0.2, 0) is 43.3 Å². The first-order valence-corrected chi connectivity index (χ1v) is 31.1. The first-order valence-electron chi connectivity index (χ1n) is 24.1. The van der Waals surface area contributed by atoms with Crippen molar-refractivity contribution in [1.29, 1.82) is 0 Å². The smallest absolute Gasteiger partial charge is 0.251 e. The van der Waals surface area contributed by atoms with E-state index in [0.717, 1.165) is 38.5 Å². The molecule has 2 aliphatic heterocycles. The number of ketones is 1. The van der Waals surface area contributed by atoms with E-state index >= 15 is 0 Å². The Bertz CT molecular complexity index is 2810. The lowest BCUT2D eigenvalue weighted by atomic mass is 9.83. The summed E-state index contributed by atoms with van der Waals surface area (Å²) in [5.74, 6) is -1.10. The van der Waals surface area contributed by atoms with Gasteiger partial charge in [0.15, 0.2) is 5.78 Å². The van der Waals surface area contributed by atoms with Gasteiger partial charge in [-0.25, -0.2) is 0 Å². The second-order valence-electron chi connectivity index (χ2n) is 22.4. The molecule has 2 aliphatic carbocycles. The number of amides is 4. The fourth-order valence-corrected chi connectivity index (χ4v) is 15.8. The number of hydrogen-bond acceptors (Lipinski definition) is 10. The molecule has 0 unspecified atom stereocenters. The van der Waals surface area contributed by atoms with Gasteiger partial charge in [-0.3, -0.25) is 33.6 Å². The fraction of sp³-hybridized carbons (Fsp3) is 0.481. The lowest BCUT2D eigenvalue weighted by Gasteiger charge is -2.48. The van der Waals surface area contributed by atoms with Crippen molar-refractivity contribution < 1.29 is 38.7 Å². The quantitative estimate of drug-likeness (QED) is 0.0427. The number of aliphatic hydroxyl groups excluding tert-OH is 1. The minimum Gasteiger partial charge on any atom is -0.507 e. The Morgan fingerprint density at radius 1 is 0.614 bits per heavy atom. The Hall–Kier alpha value is -6.28. The molecule has 0 saturated heterocycles. The van der Waals surface area contributed by atoms with Gasteiger partial charge >= 0.3 is 0 Å². The molecular weight excluding hydrogens is 921 g/mol. The molecule has 3 N–H and O–H groups in total. The van der Waals surface area contributed by atoms with E-state index in [4.69, 9.17) is 0 Å². The molecule has 18 heteroatoms. The van der Waals surface area contributed by atoms with Gasteiger partial charge in [-0.05, 0) is 53.4 Å². The van der Waals surface area contributed by atoms with Crippen LogP contribution in [0.3, 0.4) is 0 Å². The molecule has 2 aromatic heterocycles. The van der Waals surface area contributed by atoms with Crippen molar-refractivity contribution in [1.82, 2.24) is 29.4 Å². The van der Waals surface area contributed by atoms with Crippen LogP contribution in [0.4, 0.5) is 11.6 Å². The molecule has 0 atom stereocenters. The number of fused-ring (bicyclic) bond motifs is 2. The highest BCUT2D eigenvalue weighted by molar-refractivity contribution is 6.83. The van der Waals surface area contributed by atoms with E-state index in [1.807, 2.05) is 39.8 Å². The van der Waals surface area contributed by atoms with Crippen LogP contribution in [0.2, 0.25) is 49.4 Å². The number of carbonyl (C=O) groups excluding carboxylic acids is 7. The van der Waals surface area contributed by atoms with Crippen molar-refractivity contribution in [3.05, 3.63) is 100 Å². The molecule has 4 aromatic rings. The largest absolute Gasteiger partial charge is 0.507 e. The Labute approximate surface area is 412 Å². The molecule has 0 bridgehead atoms. The molecule has 0 spiro atoms. The van der Waals surface area contributed by atoms with Gasteiger partial charge in [-0.2, -0.15) is 19.6 Å². The molecule has 2 fully saturated rings. The second-order valence-corrected chi connectivity index (χ2v) is 33.3. The van der Waals surface area contributed by atoms with Crippen LogP contribution in [0, 0.1) is 0 Å². The Morgan fingerprint density at radius 3 is 1.37 bits per heavy atom. The predicted octanol–water partition coefficient (Wildman–Crippen LogP) is 9.52. The van der Waals surface area contributed by atoms with Gasteiger partial charge in [0, 0.05) is 52.3 Å². The highest BCUT2D eigenvalue weighted by atomic mass is 28.3. The summed E-state index contributed by atoms with van der Waals surface area (Å²) in [5.41, 5.74) is 1.81. The molecule has 8 rings (SSSR count). The Balaban J connectivity index is 0.000000206. The zero-order valence-corrected chi connectivity index (χ0v) is 44.7. The number of carbonyl (C=O) groups is 7. The van der Waals surface area contributed by atoms with Crippen molar-refractivity contribution >= 4 is 74.8 Å². The molecule has 4 aliphatic rings. The molecule has 4 heterocycles. The minimum atomic E-state index is -1.83. The van der Waals surface area contributed by atoms with E-state index in [2.05, 4.69) is 60.1 Å². The monoisotopic (exact) mass is 988 g/mol. The first-order chi connectivity index (χ1) is 32.6. The number of nitrogens with one attached hydrogen (secondary N) is 2. The highest BCUT2D eigenvalue weighted by Gasteiger charge is 2.56. The van der Waals surface area contributed by atoms with Crippen LogP contribution >= 0.6 is 0 Å². The molecule has 2 saturated carbocycles. The van der Waals surface area contributed by atoms with Crippen LogP contribution in [0.25, 0.3) is 5.76 Å². The molecule has 16 nitrogen and oxygen atoms in total. The second kappa shape index (κ2) is 18.5. The lowest BCUT2D eigenvalue weighted by molar-refractivity contribution is -0.135. The number of benzene rings is 2. The van der Waals surface area contributed by atoms with E-state index < -0.39 is 27.2 Å². The fourth-order valence-electron chi connectivity index (χ4n) is 10.6. The van der Waals surface area contributed by atoms with Crippen molar-refractivity contribution in [2.75, 3.05) is 10.6 Å². The molecule has 0 radical (unpaired) electrons. The summed E-state index contributed by atoms with van der Waals surface area (Å²) in [6.45, 7) is 23.8. The average Bonchev–Trinajstić information content (AvgIpc) is 3.94. The molecule has 2 aromatic carbocycles. The summed E-state index contributed by atoms with van der Waals surface area (Å²) in [4.78, 5) is 94.3. The van der Waals surface area contributed by atoms with Gasteiger partial charge in [0.2, 0.25) is 29.5 Å². The molecular formula is C52H68N8O8Si2. The number of Topliss-reactive ketones (excluding diaryl/α,β-unsaturated/α-hetero) is 1. The van der Waals surface area contributed by atoms with Crippen LogP contribution < -0.4 is 10.6 Å². The predicted molar refractivity (Wildman–Crippen MR) is 274 cm³/mol. The third-order valence-electron chi connectivity index (χ3n) is 15.6. The maximum Gasteiger partial charge on any atom is 0.251 e. The third kappa shape index (κ3) is 8.92. The number of hydrogen-bond donors (Lipinski definition) is 3. The molecule has 70 heavy (non-hydrogen) atoms. The highest BCUT2D eigenvalue weighted by Crippen LogP contribution is 2.57. The number of anilines is 2. The number of aliphatic hydroxyl groups is 1. The normalized spacial score (nSPS) is 18.3. The Kier molecular flexibility index (Phi) is 13.6. The van der Waals surface area contributed by atoms with Crippen LogP contribution in [0.1, 0.15) is 135 Å². The minimum absolute atomic E-state index is 0.0580. The number of nitrogens with zero attached hydrogens (tertiary/aromatic N) is 6. The van der Waals surface area contributed by atoms with Gasteiger partial charge < -0.3 is 25.5 Å². The Morgan fingerprint density at radius 2 is 1.00 bits per heavy atom. The zero-order valence-electron chi connectivity index (χ0n) is 42.7. The summed E-state index contributed by atoms with van der Waals surface area (Å²) in [6.07, 6.45) is 6.39. The standard InChI is InChI=1S/2C26H34N4O4Si/c2*1-17(31)30-23(27-24(34)26(13-10-14-26)35(4,5)6)19-16-29(25(2,3)22(19)28-30)21(33)15-20(32)18-11-8-7-9-12-18/h7-9,11-12H,10,13-16H2,1-6H3,(H,27,34);7-9,11-12,15,32H,10,13-14,16H2,1-6H3,(H,27,34)/b;20-15-. The van der Waals surface area contributed by atoms with Crippen molar-refractivity contribution in [3.63, 3.8) is 0 Å². The van der Waals surface area contributed by atoms with E-state index in [-0.39, 0.29) is 76.6 Å². The number of rotatable bonds is 11. The third-order valence-corrected chi connectivity index (χ3v) is 22.8. The number of aromatic nitrogens is 4. The maximum absolute atomic E-state index is 13.6. The van der Waals surface area contributed by atoms with E-state index in [1.165, 1.54) is 29.3 Å². The maximum atomic E-state index is 13.6. The summed E-state index contributed by atoms with van der Waals surface area (Å²) >= 11 is 0. The average molecular weight is 989 g/mol. The summed E-state index contributed by atoms with van der Waals surface area (Å²) < 4.78 is 2.50. The zero-order chi connectivity index (χ0) is 51.5. The van der Waals surface area contributed by atoms with Crippen LogP contribution in [0.15, 0.2) is 66.7 Å². The summed E-state index contributed by atoms with van der Waals surface area (Å²) in [7, 11) is -3.66. The van der Waals surface area contributed by atoms with Gasteiger partial charge in [0.25, 0.3) is 5.91 Å². The topological polar surface area (TPSA) is 206 Å². The summed E-state index contributed by atoms with van der Waals surface area (Å²) in [5, 5.41) is 24.9. The van der Waals surface area contributed by atoms with E-state index in [0.29, 0.717) is 45.3 Å². The van der Waals surface area contributed by atoms with Crippen molar-refractivity contribution in [3.8, 4) is 0 Å². The van der Waals surface area contributed by atoms with Crippen LogP contribution in [-0.4, -0.2) is 91.8 Å². The van der Waals surface area contributed by atoms with E-state index in [1.54, 1.807) is 58.3 Å². The van der Waals surface area contributed by atoms with Crippen molar-refractivity contribution in [2.45, 2.75) is 160 Å².